The topological polar surface area (TPSA) is 76.9 Å². The first-order chi connectivity index (χ1) is 11.1. The molecule has 120 valence electrons. The zero-order chi connectivity index (χ0) is 15.9. The zero-order valence-electron chi connectivity index (χ0n) is 12.3. The molecule has 0 atom stereocenters. The monoisotopic (exact) mass is 348 g/mol. The number of nitrogens with one attached hydrogen (secondary N) is 1. The van der Waals surface area contributed by atoms with Crippen molar-refractivity contribution in [2.45, 2.75) is 30.8 Å². The standard InChI is InChI=1S/C15H16N4O2S2/c20-23(21,14-8-9-16-19(14)10-11-4-3-5-11)18-15-17-12-6-1-2-7-13(12)22-15/h1-2,6-9,11H,3-5,10H2,(H,17,18). The Balaban J connectivity index is 1.61. The minimum absolute atomic E-state index is 0.198. The molecule has 0 saturated heterocycles. The maximum Gasteiger partial charge on any atom is 0.280 e. The number of aromatic nitrogens is 3. The summed E-state index contributed by atoms with van der Waals surface area (Å²) in [5.41, 5.74) is 0.790. The molecule has 0 unspecified atom stereocenters. The number of fused-ring (bicyclic) bond motifs is 1. The van der Waals surface area contributed by atoms with Crippen LogP contribution in [-0.2, 0) is 16.6 Å². The fourth-order valence-corrected chi connectivity index (χ4v) is 4.92. The molecule has 4 rings (SSSR count). The van der Waals surface area contributed by atoms with Crippen LogP contribution in [-0.4, -0.2) is 23.2 Å². The zero-order valence-corrected chi connectivity index (χ0v) is 14.0. The molecule has 0 bridgehead atoms. The Hall–Kier alpha value is -1.93. The Morgan fingerprint density at radius 3 is 2.83 bits per heavy atom. The SMILES string of the molecule is O=S(=O)(Nc1nc2ccccc2s1)c1ccnn1CC1CCC1. The third-order valence-electron chi connectivity index (χ3n) is 4.12. The number of hydrogen-bond acceptors (Lipinski definition) is 5. The van der Waals surface area contributed by atoms with E-state index in [0.717, 1.165) is 23.1 Å². The highest BCUT2D eigenvalue weighted by Crippen LogP contribution is 2.30. The molecule has 1 N–H and O–H groups in total. The van der Waals surface area contributed by atoms with E-state index in [1.54, 1.807) is 4.68 Å². The Kier molecular flexibility index (Phi) is 3.57. The first-order valence-corrected chi connectivity index (χ1v) is 9.82. The van der Waals surface area contributed by atoms with Gasteiger partial charge in [0.1, 0.15) is 0 Å². The van der Waals surface area contributed by atoms with E-state index in [9.17, 15) is 8.42 Å². The summed E-state index contributed by atoms with van der Waals surface area (Å²) in [6.07, 6.45) is 5.04. The summed E-state index contributed by atoms with van der Waals surface area (Å²) in [6.45, 7) is 0.656. The molecular formula is C15H16N4O2S2. The van der Waals surface area contributed by atoms with Crippen molar-refractivity contribution in [1.29, 1.82) is 0 Å². The van der Waals surface area contributed by atoms with Crippen molar-refractivity contribution < 1.29 is 8.42 Å². The molecule has 6 nitrogen and oxygen atoms in total. The molecule has 0 aliphatic heterocycles. The Morgan fingerprint density at radius 1 is 1.26 bits per heavy atom. The van der Waals surface area contributed by atoms with Crippen LogP contribution in [0.4, 0.5) is 5.13 Å². The van der Waals surface area contributed by atoms with Crippen LogP contribution in [0.2, 0.25) is 0 Å². The molecule has 0 amide bonds. The maximum atomic E-state index is 12.6. The van der Waals surface area contributed by atoms with Crippen LogP contribution in [0.15, 0.2) is 41.6 Å². The number of hydrogen-bond donors (Lipinski definition) is 1. The van der Waals surface area contributed by atoms with E-state index < -0.39 is 10.0 Å². The molecule has 1 aliphatic carbocycles. The molecule has 2 aromatic heterocycles. The van der Waals surface area contributed by atoms with Crippen molar-refractivity contribution in [3.05, 3.63) is 36.5 Å². The van der Waals surface area contributed by atoms with Gasteiger partial charge in [0.05, 0.1) is 16.4 Å². The molecule has 1 aliphatic rings. The normalized spacial score (nSPS) is 15.7. The predicted octanol–water partition coefficient (Wildman–Crippen LogP) is 3.09. The van der Waals surface area contributed by atoms with E-state index in [0.29, 0.717) is 17.6 Å². The fraction of sp³-hybridized carbons (Fsp3) is 0.333. The number of benzene rings is 1. The van der Waals surface area contributed by atoms with E-state index in [4.69, 9.17) is 0 Å². The number of sulfonamides is 1. The second kappa shape index (κ2) is 5.61. The summed E-state index contributed by atoms with van der Waals surface area (Å²) in [5, 5.41) is 4.74. The van der Waals surface area contributed by atoms with Gasteiger partial charge in [-0.05, 0) is 37.0 Å². The molecular weight excluding hydrogens is 332 g/mol. The largest absolute Gasteiger partial charge is 0.280 e. The van der Waals surface area contributed by atoms with Gasteiger partial charge in [0.25, 0.3) is 10.0 Å². The molecule has 8 heteroatoms. The molecule has 1 aromatic carbocycles. The lowest BCUT2D eigenvalue weighted by Gasteiger charge is -2.25. The summed E-state index contributed by atoms with van der Waals surface area (Å²) < 4.78 is 30.4. The number of nitrogens with zero attached hydrogens (tertiary/aromatic N) is 3. The van der Waals surface area contributed by atoms with Crippen LogP contribution in [0, 0.1) is 5.92 Å². The second-order valence-corrected chi connectivity index (χ2v) is 8.40. The summed E-state index contributed by atoms with van der Waals surface area (Å²) in [7, 11) is -3.68. The van der Waals surface area contributed by atoms with Gasteiger partial charge in [-0.2, -0.15) is 13.5 Å². The lowest BCUT2D eigenvalue weighted by Crippen LogP contribution is -2.23. The first kappa shape index (κ1) is 14.6. The van der Waals surface area contributed by atoms with Crippen molar-refractivity contribution in [3.63, 3.8) is 0 Å². The molecule has 0 spiro atoms. The van der Waals surface area contributed by atoms with Gasteiger partial charge in [0, 0.05) is 6.54 Å². The van der Waals surface area contributed by atoms with Crippen molar-refractivity contribution in [2.24, 2.45) is 5.92 Å². The van der Waals surface area contributed by atoms with Gasteiger partial charge in [-0.15, -0.1) is 0 Å². The number of thiazole rings is 1. The van der Waals surface area contributed by atoms with E-state index in [2.05, 4.69) is 14.8 Å². The smallest absolute Gasteiger partial charge is 0.253 e. The highest BCUT2D eigenvalue weighted by molar-refractivity contribution is 7.92. The molecule has 1 fully saturated rings. The van der Waals surface area contributed by atoms with Crippen LogP contribution < -0.4 is 4.72 Å². The Bertz CT molecular complexity index is 908. The highest BCUT2D eigenvalue weighted by atomic mass is 32.2. The van der Waals surface area contributed by atoms with Crippen LogP contribution in [0.5, 0.6) is 0 Å². The summed E-state index contributed by atoms with van der Waals surface area (Å²) in [5.74, 6) is 0.534. The van der Waals surface area contributed by atoms with Crippen molar-refractivity contribution in [3.8, 4) is 0 Å². The van der Waals surface area contributed by atoms with E-state index in [-0.39, 0.29) is 5.03 Å². The minimum Gasteiger partial charge on any atom is -0.253 e. The van der Waals surface area contributed by atoms with Gasteiger partial charge in [-0.1, -0.05) is 29.9 Å². The lowest BCUT2D eigenvalue weighted by atomic mass is 9.85. The van der Waals surface area contributed by atoms with Crippen LogP contribution in [0.1, 0.15) is 19.3 Å². The molecule has 0 radical (unpaired) electrons. The van der Waals surface area contributed by atoms with Gasteiger partial charge in [0.15, 0.2) is 10.2 Å². The van der Waals surface area contributed by atoms with E-state index >= 15 is 0 Å². The number of para-hydroxylation sites is 1. The number of rotatable bonds is 5. The van der Waals surface area contributed by atoms with Crippen molar-refractivity contribution in [2.75, 3.05) is 4.72 Å². The van der Waals surface area contributed by atoms with Crippen molar-refractivity contribution in [1.82, 2.24) is 14.8 Å². The second-order valence-electron chi connectivity index (χ2n) is 5.74. The highest BCUT2D eigenvalue weighted by Gasteiger charge is 2.25. The van der Waals surface area contributed by atoms with Crippen molar-refractivity contribution >= 4 is 36.7 Å². The summed E-state index contributed by atoms with van der Waals surface area (Å²) in [4.78, 5) is 4.32. The van der Waals surface area contributed by atoms with E-state index in [1.165, 1.54) is 30.0 Å². The summed E-state index contributed by atoms with van der Waals surface area (Å²) in [6, 6.07) is 9.12. The lowest BCUT2D eigenvalue weighted by molar-refractivity contribution is 0.258. The average Bonchev–Trinajstić information content (AvgIpc) is 3.08. The predicted molar refractivity (Wildman–Crippen MR) is 90.0 cm³/mol. The Morgan fingerprint density at radius 2 is 2.09 bits per heavy atom. The third-order valence-corrected chi connectivity index (χ3v) is 6.56. The maximum absolute atomic E-state index is 12.6. The molecule has 3 aromatic rings. The van der Waals surface area contributed by atoms with Gasteiger partial charge < -0.3 is 0 Å². The van der Waals surface area contributed by atoms with Crippen LogP contribution in [0.3, 0.4) is 0 Å². The third kappa shape index (κ3) is 2.84. The van der Waals surface area contributed by atoms with Crippen LogP contribution in [0.25, 0.3) is 10.2 Å². The minimum atomic E-state index is -3.68. The number of anilines is 1. The first-order valence-electron chi connectivity index (χ1n) is 7.52. The fourth-order valence-electron chi connectivity index (χ4n) is 2.69. The van der Waals surface area contributed by atoms with Gasteiger partial charge in [0.2, 0.25) is 0 Å². The molecule has 2 heterocycles. The van der Waals surface area contributed by atoms with Gasteiger partial charge in [-0.25, -0.2) is 4.98 Å². The Labute approximate surface area is 138 Å². The van der Waals surface area contributed by atoms with Gasteiger partial charge in [-0.3, -0.25) is 9.40 Å². The average molecular weight is 348 g/mol. The molecule has 23 heavy (non-hydrogen) atoms. The quantitative estimate of drug-likeness (QED) is 0.769. The molecule has 1 saturated carbocycles. The van der Waals surface area contributed by atoms with E-state index in [1.807, 2.05) is 24.3 Å². The van der Waals surface area contributed by atoms with Gasteiger partial charge >= 0.3 is 0 Å². The van der Waals surface area contributed by atoms with Crippen LogP contribution >= 0.6 is 11.3 Å². The summed E-state index contributed by atoms with van der Waals surface area (Å²) >= 11 is 1.33.